The Morgan fingerprint density at radius 1 is 0.923 bits per heavy atom. The molecule has 202 valence electrons. The van der Waals surface area contributed by atoms with E-state index in [1.165, 1.54) is 12.8 Å². The molecule has 0 radical (unpaired) electrons. The Balaban J connectivity index is 1.17. The zero-order valence-corrected chi connectivity index (χ0v) is 22.4. The van der Waals surface area contributed by atoms with Gasteiger partial charge in [-0.2, -0.15) is 5.10 Å². The maximum Gasteiger partial charge on any atom is 0.276 e. The van der Waals surface area contributed by atoms with Crippen LogP contribution in [-0.2, 0) is 17.8 Å². The van der Waals surface area contributed by atoms with Crippen molar-refractivity contribution in [1.82, 2.24) is 30.0 Å². The Morgan fingerprint density at radius 2 is 1.64 bits per heavy atom. The number of rotatable bonds is 7. The van der Waals surface area contributed by atoms with Crippen LogP contribution >= 0.6 is 0 Å². The van der Waals surface area contributed by atoms with Crippen molar-refractivity contribution in [3.8, 4) is 11.1 Å². The van der Waals surface area contributed by atoms with Gasteiger partial charge in [0.15, 0.2) is 5.69 Å². The van der Waals surface area contributed by atoms with Crippen LogP contribution in [0.3, 0.4) is 0 Å². The summed E-state index contributed by atoms with van der Waals surface area (Å²) in [6.45, 7) is 9.61. The summed E-state index contributed by atoms with van der Waals surface area (Å²) in [4.78, 5) is 27.0. The van der Waals surface area contributed by atoms with Gasteiger partial charge in [-0.25, -0.2) is 0 Å². The van der Waals surface area contributed by atoms with Gasteiger partial charge in [0.05, 0.1) is 30.6 Å². The first kappa shape index (κ1) is 25.6. The fraction of sp³-hybridized carbons (Fsp3) is 0.400. The highest BCUT2D eigenvalue weighted by Crippen LogP contribution is 2.27. The van der Waals surface area contributed by atoms with Crippen molar-refractivity contribution in [3.05, 3.63) is 71.9 Å². The molecule has 2 aliphatic rings. The van der Waals surface area contributed by atoms with Crippen molar-refractivity contribution in [2.24, 2.45) is 5.92 Å². The minimum atomic E-state index is -0.261. The largest absolute Gasteiger partial charge is 0.379 e. The number of anilines is 1. The minimum absolute atomic E-state index is 0.261. The molecule has 9 heteroatoms. The van der Waals surface area contributed by atoms with Gasteiger partial charge in [-0.05, 0) is 72.8 Å². The number of aromatic amines is 1. The van der Waals surface area contributed by atoms with Crippen LogP contribution < -0.4 is 5.32 Å². The Kier molecular flexibility index (Phi) is 7.62. The van der Waals surface area contributed by atoms with Gasteiger partial charge in [0.2, 0.25) is 0 Å². The smallest absolute Gasteiger partial charge is 0.276 e. The van der Waals surface area contributed by atoms with Gasteiger partial charge < -0.3 is 10.1 Å². The number of likely N-dealkylation sites (tertiary alicyclic amines) is 1. The van der Waals surface area contributed by atoms with Crippen molar-refractivity contribution in [2.45, 2.75) is 32.9 Å². The highest BCUT2D eigenvalue weighted by atomic mass is 16.5. The van der Waals surface area contributed by atoms with E-state index < -0.39 is 0 Å². The normalized spacial score (nSPS) is 17.5. The molecule has 2 saturated heterocycles. The van der Waals surface area contributed by atoms with E-state index in [9.17, 15) is 4.79 Å². The average molecular weight is 526 g/mol. The highest BCUT2D eigenvalue weighted by molar-refractivity contribution is 6.11. The van der Waals surface area contributed by atoms with Crippen LogP contribution in [0.15, 0.2) is 55.1 Å². The second kappa shape index (κ2) is 11.6. The molecule has 9 nitrogen and oxygen atoms in total. The molecule has 4 aromatic rings. The van der Waals surface area contributed by atoms with Crippen LogP contribution in [0.5, 0.6) is 0 Å². The van der Waals surface area contributed by atoms with Gasteiger partial charge in [0.1, 0.15) is 0 Å². The summed E-state index contributed by atoms with van der Waals surface area (Å²) in [6, 6.07) is 10.2. The lowest BCUT2D eigenvalue weighted by molar-refractivity contribution is 0.0341. The fourth-order valence-corrected chi connectivity index (χ4v) is 5.43. The fourth-order valence-electron chi connectivity index (χ4n) is 5.43. The van der Waals surface area contributed by atoms with E-state index in [4.69, 9.17) is 4.74 Å². The monoisotopic (exact) mass is 525 g/mol. The van der Waals surface area contributed by atoms with Crippen molar-refractivity contribution in [1.29, 1.82) is 0 Å². The number of amides is 1. The van der Waals surface area contributed by atoms with Crippen molar-refractivity contribution in [3.63, 3.8) is 0 Å². The zero-order chi connectivity index (χ0) is 26.6. The lowest BCUT2D eigenvalue weighted by Crippen LogP contribution is -2.35. The molecule has 6 rings (SSSR count). The number of H-pyrrole nitrogens is 1. The van der Waals surface area contributed by atoms with E-state index >= 15 is 0 Å². The van der Waals surface area contributed by atoms with Crippen LogP contribution in [0.1, 0.15) is 41.4 Å². The Hall–Kier alpha value is -3.66. The molecule has 0 saturated carbocycles. The van der Waals surface area contributed by atoms with E-state index in [1.54, 1.807) is 6.20 Å². The highest BCUT2D eigenvalue weighted by Gasteiger charge is 2.18. The van der Waals surface area contributed by atoms with Gasteiger partial charge in [-0.1, -0.05) is 13.0 Å². The number of ether oxygens (including phenoxy) is 1. The SMILES string of the molecule is CC1CCN(Cc2cncc(NC(=O)c3n[nH]c4ccc(-c5cncc(CN6CCOCC6)c5)cc34)c2)CC1. The van der Waals surface area contributed by atoms with E-state index in [1.807, 2.05) is 42.9 Å². The molecule has 0 aliphatic carbocycles. The number of benzene rings is 1. The third-order valence-corrected chi connectivity index (χ3v) is 7.75. The van der Waals surface area contributed by atoms with Crippen LogP contribution in [0.4, 0.5) is 5.69 Å². The van der Waals surface area contributed by atoms with Crippen LogP contribution in [0.2, 0.25) is 0 Å². The quantitative estimate of drug-likeness (QED) is 0.370. The topological polar surface area (TPSA) is 99.3 Å². The number of piperidine rings is 1. The first-order chi connectivity index (χ1) is 19.1. The Bertz CT molecular complexity index is 1440. The Morgan fingerprint density at radius 3 is 2.44 bits per heavy atom. The molecule has 2 aliphatic heterocycles. The second-order valence-electron chi connectivity index (χ2n) is 10.8. The maximum absolute atomic E-state index is 13.3. The lowest BCUT2D eigenvalue weighted by Gasteiger charge is -2.30. The first-order valence-corrected chi connectivity index (χ1v) is 13.8. The van der Waals surface area contributed by atoms with E-state index in [2.05, 4.69) is 48.3 Å². The number of hydrogen-bond acceptors (Lipinski definition) is 7. The van der Waals surface area contributed by atoms with Gasteiger partial charge in [-0.15, -0.1) is 0 Å². The molecule has 39 heavy (non-hydrogen) atoms. The van der Waals surface area contributed by atoms with Gasteiger partial charge in [0.25, 0.3) is 5.91 Å². The summed E-state index contributed by atoms with van der Waals surface area (Å²) in [6.07, 6.45) is 9.81. The number of hydrogen-bond donors (Lipinski definition) is 2. The predicted molar refractivity (Wildman–Crippen MR) is 151 cm³/mol. The van der Waals surface area contributed by atoms with Crippen LogP contribution in [0.25, 0.3) is 22.0 Å². The lowest BCUT2D eigenvalue weighted by atomic mass is 9.99. The molecule has 1 amide bonds. The number of nitrogens with zero attached hydrogens (tertiary/aromatic N) is 5. The molecule has 3 aromatic heterocycles. The molecule has 2 N–H and O–H groups in total. The average Bonchev–Trinajstić information content (AvgIpc) is 3.39. The third kappa shape index (κ3) is 6.16. The molecular weight excluding hydrogens is 490 g/mol. The van der Waals surface area contributed by atoms with Gasteiger partial charge >= 0.3 is 0 Å². The number of aromatic nitrogens is 4. The summed E-state index contributed by atoms with van der Waals surface area (Å²) < 4.78 is 5.47. The predicted octanol–water partition coefficient (Wildman–Crippen LogP) is 4.34. The Labute approximate surface area is 228 Å². The standard InChI is InChI=1S/C30H35N7O2/c1-21-4-6-36(7-5-21)20-23-13-26(18-32-16-23)33-30(38)29-27-14-24(2-3-28(27)34-35-29)25-12-22(15-31-17-25)19-37-8-10-39-11-9-37/h2-3,12-18,21H,4-11,19-20H2,1H3,(H,33,38)(H,34,35). The number of pyridine rings is 2. The summed E-state index contributed by atoms with van der Waals surface area (Å²) in [5.41, 5.74) is 6.11. The number of fused-ring (bicyclic) bond motifs is 1. The molecule has 1 aromatic carbocycles. The molecule has 0 bridgehead atoms. The molecule has 2 fully saturated rings. The number of carbonyl (C=O) groups is 1. The summed E-state index contributed by atoms with van der Waals surface area (Å²) in [5, 5.41) is 11.1. The molecular formula is C30H35N7O2. The number of nitrogens with one attached hydrogen (secondary N) is 2. The summed E-state index contributed by atoms with van der Waals surface area (Å²) in [7, 11) is 0. The molecule has 0 unspecified atom stereocenters. The second-order valence-corrected chi connectivity index (χ2v) is 10.8. The van der Waals surface area contributed by atoms with Crippen LogP contribution in [0, 0.1) is 5.92 Å². The molecule has 5 heterocycles. The maximum atomic E-state index is 13.3. The molecule has 0 atom stereocenters. The van der Waals surface area contributed by atoms with E-state index in [-0.39, 0.29) is 5.91 Å². The minimum Gasteiger partial charge on any atom is -0.379 e. The van der Waals surface area contributed by atoms with E-state index in [0.717, 1.165) is 91.6 Å². The number of morpholine rings is 1. The van der Waals surface area contributed by atoms with E-state index in [0.29, 0.717) is 11.4 Å². The zero-order valence-electron chi connectivity index (χ0n) is 22.4. The van der Waals surface area contributed by atoms with Crippen molar-refractivity contribution >= 4 is 22.5 Å². The number of carbonyl (C=O) groups excluding carboxylic acids is 1. The molecule has 0 spiro atoms. The first-order valence-electron chi connectivity index (χ1n) is 13.8. The van der Waals surface area contributed by atoms with Gasteiger partial charge in [-0.3, -0.25) is 29.7 Å². The van der Waals surface area contributed by atoms with Crippen LogP contribution in [-0.4, -0.2) is 75.3 Å². The third-order valence-electron chi connectivity index (χ3n) is 7.75. The van der Waals surface area contributed by atoms with Crippen molar-refractivity contribution in [2.75, 3.05) is 44.7 Å². The van der Waals surface area contributed by atoms with Crippen molar-refractivity contribution < 1.29 is 9.53 Å². The summed E-state index contributed by atoms with van der Waals surface area (Å²) >= 11 is 0. The van der Waals surface area contributed by atoms with Gasteiger partial charge in [0, 0.05) is 55.7 Å². The summed E-state index contributed by atoms with van der Waals surface area (Å²) in [5.74, 6) is 0.535.